The third-order valence-electron chi connectivity index (χ3n) is 3.14. The second kappa shape index (κ2) is 7.20. The predicted molar refractivity (Wildman–Crippen MR) is 83.3 cm³/mol. The Bertz CT molecular complexity index is 572. The van der Waals surface area contributed by atoms with Crippen LogP contribution in [0.5, 0.6) is 0 Å². The van der Waals surface area contributed by atoms with Gasteiger partial charge in [-0.15, -0.1) is 0 Å². The van der Waals surface area contributed by atoms with Gasteiger partial charge in [0.15, 0.2) is 0 Å². The van der Waals surface area contributed by atoms with Gasteiger partial charge in [-0.05, 0) is 36.6 Å². The Morgan fingerprint density at radius 3 is 2.80 bits per heavy atom. The normalized spacial score (nSPS) is 11.9. The van der Waals surface area contributed by atoms with E-state index in [4.69, 9.17) is 0 Å². The van der Waals surface area contributed by atoms with Crippen molar-refractivity contribution in [3.05, 3.63) is 64.4 Å². The second-order valence-electron chi connectivity index (χ2n) is 4.67. The highest BCUT2D eigenvalue weighted by Crippen LogP contribution is 2.17. The molecule has 1 heterocycles. The number of aryl methyl sites for hydroxylation is 1. The summed E-state index contributed by atoms with van der Waals surface area (Å²) in [5.41, 5.74) is 2.17. The first kappa shape index (κ1) is 14.7. The van der Waals surface area contributed by atoms with Crippen molar-refractivity contribution >= 4 is 21.8 Å². The number of carbonyl (C=O) groups is 1. The number of aromatic nitrogens is 1. The van der Waals surface area contributed by atoms with Crippen LogP contribution in [0.25, 0.3) is 0 Å². The number of halogens is 1. The molecular formula is C16H17BrN2O. The van der Waals surface area contributed by atoms with Crippen molar-refractivity contribution in [2.75, 3.05) is 0 Å². The standard InChI is InChI=1S/C16H17BrN2O/c1-12(14-6-4-10-18-11-14)19-16(20)9-8-13-5-2-3-7-15(13)17/h2-7,10-12H,8-9H2,1H3,(H,19,20)/t12-/m1/s1. The van der Waals surface area contributed by atoms with Crippen LogP contribution in [0.3, 0.4) is 0 Å². The zero-order valence-electron chi connectivity index (χ0n) is 11.3. The molecule has 1 amide bonds. The topological polar surface area (TPSA) is 42.0 Å². The van der Waals surface area contributed by atoms with Gasteiger partial charge in [-0.25, -0.2) is 0 Å². The van der Waals surface area contributed by atoms with Gasteiger partial charge >= 0.3 is 0 Å². The summed E-state index contributed by atoms with van der Waals surface area (Å²) in [5, 5.41) is 2.99. The molecule has 2 rings (SSSR count). The first-order chi connectivity index (χ1) is 9.66. The molecule has 1 aromatic carbocycles. The van der Waals surface area contributed by atoms with Crippen molar-refractivity contribution in [3.8, 4) is 0 Å². The van der Waals surface area contributed by atoms with Crippen LogP contribution in [0.2, 0.25) is 0 Å². The van der Waals surface area contributed by atoms with Crippen molar-refractivity contribution in [2.24, 2.45) is 0 Å². The molecular weight excluding hydrogens is 316 g/mol. The molecule has 104 valence electrons. The number of benzene rings is 1. The average Bonchev–Trinajstić information content (AvgIpc) is 2.47. The Hall–Kier alpha value is -1.68. The molecule has 0 radical (unpaired) electrons. The summed E-state index contributed by atoms with van der Waals surface area (Å²) in [4.78, 5) is 16.0. The van der Waals surface area contributed by atoms with Crippen molar-refractivity contribution in [2.45, 2.75) is 25.8 Å². The molecule has 0 aliphatic carbocycles. The van der Waals surface area contributed by atoms with Crippen LogP contribution in [-0.4, -0.2) is 10.9 Å². The fourth-order valence-corrected chi connectivity index (χ4v) is 2.46. The number of pyridine rings is 1. The van der Waals surface area contributed by atoms with E-state index in [-0.39, 0.29) is 11.9 Å². The maximum atomic E-state index is 12.0. The molecule has 0 fully saturated rings. The van der Waals surface area contributed by atoms with E-state index in [9.17, 15) is 4.79 Å². The molecule has 1 N–H and O–H groups in total. The zero-order chi connectivity index (χ0) is 14.4. The number of nitrogens with one attached hydrogen (secondary N) is 1. The number of rotatable bonds is 5. The Kier molecular flexibility index (Phi) is 5.30. The van der Waals surface area contributed by atoms with E-state index in [1.165, 1.54) is 0 Å². The van der Waals surface area contributed by atoms with Crippen molar-refractivity contribution in [1.82, 2.24) is 10.3 Å². The molecule has 0 spiro atoms. The van der Waals surface area contributed by atoms with Gasteiger partial charge in [0, 0.05) is 23.3 Å². The predicted octanol–water partition coefficient (Wildman–Crippen LogP) is 3.65. The van der Waals surface area contributed by atoms with Crippen LogP contribution >= 0.6 is 15.9 Å². The minimum Gasteiger partial charge on any atom is -0.350 e. The molecule has 0 saturated heterocycles. The largest absolute Gasteiger partial charge is 0.350 e. The lowest BCUT2D eigenvalue weighted by Crippen LogP contribution is -2.26. The van der Waals surface area contributed by atoms with E-state index in [0.29, 0.717) is 6.42 Å². The van der Waals surface area contributed by atoms with Crippen LogP contribution in [0.15, 0.2) is 53.3 Å². The van der Waals surface area contributed by atoms with Gasteiger partial charge in [0.25, 0.3) is 0 Å². The summed E-state index contributed by atoms with van der Waals surface area (Å²) in [6.07, 6.45) is 4.71. The van der Waals surface area contributed by atoms with E-state index in [1.807, 2.05) is 43.3 Å². The Morgan fingerprint density at radius 2 is 2.10 bits per heavy atom. The molecule has 20 heavy (non-hydrogen) atoms. The molecule has 0 aliphatic heterocycles. The van der Waals surface area contributed by atoms with Gasteiger partial charge in [-0.1, -0.05) is 40.2 Å². The summed E-state index contributed by atoms with van der Waals surface area (Å²) < 4.78 is 1.05. The van der Waals surface area contributed by atoms with Crippen LogP contribution in [-0.2, 0) is 11.2 Å². The fourth-order valence-electron chi connectivity index (χ4n) is 1.98. The number of hydrogen-bond donors (Lipinski definition) is 1. The summed E-state index contributed by atoms with van der Waals surface area (Å²) >= 11 is 3.49. The minimum atomic E-state index is -0.0181. The fraction of sp³-hybridized carbons (Fsp3) is 0.250. The number of hydrogen-bond acceptors (Lipinski definition) is 2. The lowest BCUT2D eigenvalue weighted by atomic mass is 10.1. The van der Waals surface area contributed by atoms with E-state index < -0.39 is 0 Å². The van der Waals surface area contributed by atoms with Crippen LogP contribution in [0, 0.1) is 0 Å². The minimum absolute atomic E-state index is 0.0181. The first-order valence-corrected chi connectivity index (χ1v) is 7.39. The zero-order valence-corrected chi connectivity index (χ0v) is 12.9. The maximum Gasteiger partial charge on any atom is 0.220 e. The van der Waals surface area contributed by atoms with E-state index in [0.717, 1.165) is 22.0 Å². The molecule has 1 aromatic heterocycles. The number of carbonyl (C=O) groups excluding carboxylic acids is 1. The Balaban J connectivity index is 1.86. The SMILES string of the molecule is C[C@@H](NC(=O)CCc1ccccc1Br)c1cccnc1. The molecule has 0 unspecified atom stereocenters. The van der Waals surface area contributed by atoms with Crippen molar-refractivity contribution in [3.63, 3.8) is 0 Å². The van der Waals surface area contributed by atoms with Gasteiger partial charge in [-0.3, -0.25) is 9.78 Å². The highest BCUT2D eigenvalue weighted by Gasteiger charge is 2.10. The maximum absolute atomic E-state index is 12.0. The van der Waals surface area contributed by atoms with Gasteiger partial charge < -0.3 is 5.32 Å². The van der Waals surface area contributed by atoms with Crippen LogP contribution in [0.1, 0.15) is 30.5 Å². The average molecular weight is 333 g/mol. The van der Waals surface area contributed by atoms with Gasteiger partial charge in [-0.2, -0.15) is 0 Å². The third kappa shape index (κ3) is 4.17. The highest BCUT2D eigenvalue weighted by atomic mass is 79.9. The monoisotopic (exact) mass is 332 g/mol. The van der Waals surface area contributed by atoms with Crippen molar-refractivity contribution < 1.29 is 4.79 Å². The lowest BCUT2D eigenvalue weighted by molar-refractivity contribution is -0.121. The van der Waals surface area contributed by atoms with Crippen LogP contribution in [0.4, 0.5) is 0 Å². The third-order valence-corrected chi connectivity index (χ3v) is 3.91. The molecule has 1 atom stereocenters. The summed E-state index contributed by atoms with van der Waals surface area (Å²) in [6, 6.07) is 11.8. The number of amides is 1. The smallest absolute Gasteiger partial charge is 0.220 e. The molecule has 0 saturated carbocycles. The summed E-state index contributed by atoms with van der Waals surface area (Å²) in [5.74, 6) is 0.0529. The van der Waals surface area contributed by atoms with Crippen molar-refractivity contribution in [1.29, 1.82) is 0 Å². The quantitative estimate of drug-likeness (QED) is 0.907. The van der Waals surface area contributed by atoms with E-state index in [2.05, 4.69) is 26.2 Å². The van der Waals surface area contributed by atoms with Crippen LogP contribution < -0.4 is 5.32 Å². The van der Waals surface area contributed by atoms with Gasteiger partial charge in [0.2, 0.25) is 5.91 Å². The van der Waals surface area contributed by atoms with E-state index in [1.54, 1.807) is 12.4 Å². The molecule has 0 bridgehead atoms. The highest BCUT2D eigenvalue weighted by molar-refractivity contribution is 9.10. The molecule has 4 heteroatoms. The molecule has 0 aliphatic rings. The lowest BCUT2D eigenvalue weighted by Gasteiger charge is -2.14. The summed E-state index contributed by atoms with van der Waals surface area (Å²) in [7, 11) is 0. The van der Waals surface area contributed by atoms with Gasteiger partial charge in [0.1, 0.15) is 0 Å². The first-order valence-electron chi connectivity index (χ1n) is 6.59. The second-order valence-corrected chi connectivity index (χ2v) is 5.52. The molecule has 3 nitrogen and oxygen atoms in total. The Morgan fingerprint density at radius 1 is 1.30 bits per heavy atom. The summed E-state index contributed by atoms with van der Waals surface area (Å²) in [6.45, 7) is 1.97. The number of nitrogens with zero attached hydrogens (tertiary/aromatic N) is 1. The van der Waals surface area contributed by atoms with E-state index >= 15 is 0 Å². The Labute approximate surface area is 127 Å². The molecule has 2 aromatic rings. The van der Waals surface area contributed by atoms with Gasteiger partial charge in [0.05, 0.1) is 6.04 Å².